The van der Waals surface area contributed by atoms with Crippen molar-refractivity contribution in [2.75, 3.05) is 5.73 Å². The molecule has 1 heterocycles. The molecule has 0 saturated heterocycles. The van der Waals surface area contributed by atoms with Crippen molar-refractivity contribution in [3.8, 4) is 11.3 Å². The third-order valence-corrected chi connectivity index (χ3v) is 3.35. The summed E-state index contributed by atoms with van der Waals surface area (Å²) in [5, 5.41) is 0. The number of nitrogens with two attached hydrogens (primary N) is 1. The number of hydrogen-bond donors (Lipinski definition) is 1. The standard InChI is InChI=1S/C16H21N3/c1-5-12-6-8-13(9-7-12)14-11(4)15(17)19-16(18-14)10(2)3/h6-10H,5H2,1-4H3,(H2,17,18,19). The van der Waals surface area contributed by atoms with Crippen LogP contribution in [0.25, 0.3) is 11.3 Å². The Kier molecular flexibility index (Phi) is 3.84. The van der Waals surface area contributed by atoms with Gasteiger partial charge in [0.15, 0.2) is 0 Å². The first-order valence-corrected chi connectivity index (χ1v) is 6.76. The number of hydrogen-bond acceptors (Lipinski definition) is 3. The van der Waals surface area contributed by atoms with E-state index in [0.29, 0.717) is 5.82 Å². The highest BCUT2D eigenvalue weighted by atomic mass is 15.0. The van der Waals surface area contributed by atoms with Crippen molar-refractivity contribution < 1.29 is 0 Å². The van der Waals surface area contributed by atoms with Gasteiger partial charge < -0.3 is 5.73 Å². The van der Waals surface area contributed by atoms with Gasteiger partial charge in [0.2, 0.25) is 0 Å². The summed E-state index contributed by atoms with van der Waals surface area (Å²) in [4.78, 5) is 9.03. The van der Waals surface area contributed by atoms with Crippen molar-refractivity contribution in [3.05, 3.63) is 41.2 Å². The number of rotatable bonds is 3. The minimum atomic E-state index is 0.275. The summed E-state index contributed by atoms with van der Waals surface area (Å²) in [5.74, 6) is 1.66. The molecule has 100 valence electrons. The van der Waals surface area contributed by atoms with E-state index in [4.69, 9.17) is 5.73 Å². The summed E-state index contributed by atoms with van der Waals surface area (Å²) in [7, 11) is 0. The van der Waals surface area contributed by atoms with Crippen molar-refractivity contribution in [1.29, 1.82) is 0 Å². The van der Waals surface area contributed by atoms with Crippen LogP contribution in [0.5, 0.6) is 0 Å². The molecular formula is C16H21N3. The van der Waals surface area contributed by atoms with Crippen LogP contribution in [0.15, 0.2) is 24.3 Å². The van der Waals surface area contributed by atoms with E-state index >= 15 is 0 Å². The molecule has 0 atom stereocenters. The molecule has 2 N–H and O–H groups in total. The predicted molar refractivity (Wildman–Crippen MR) is 80.1 cm³/mol. The van der Waals surface area contributed by atoms with Crippen LogP contribution < -0.4 is 5.73 Å². The van der Waals surface area contributed by atoms with Crippen molar-refractivity contribution >= 4 is 5.82 Å². The van der Waals surface area contributed by atoms with Crippen LogP contribution in [-0.2, 0) is 6.42 Å². The Morgan fingerprint density at radius 3 is 2.26 bits per heavy atom. The van der Waals surface area contributed by atoms with Crippen LogP contribution in [0.3, 0.4) is 0 Å². The molecule has 0 saturated carbocycles. The largest absolute Gasteiger partial charge is 0.383 e. The van der Waals surface area contributed by atoms with Gasteiger partial charge in [-0.2, -0.15) is 0 Å². The van der Waals surface area contributed by atoms with Crippen LogP contribution in [-0.4, -0.2) is 9.97 Å². The molecule has 0 spiro atoms. The van der Waals surface area contributed by atoms with Crippen molar-refractivity contribution in [2.24, 2.45) is 0 Å². The summed E-state index contributed by atoms with van der Waals surface area (Å²) >= 11 is 0. The van der Waals surface area contributed by atoms with Gasteiger partial charge in [-0.3, -0.25) is 0 Å². The van der Waals surface area contributed by atoms with Crippen LogP contribution in [0, 0.1) is 6.92 Å². The zero-order chi connectivity index (χ0) is 14.0. The van der Waals surface area contributed by atoms with E-state index in [1.54, 1.807) is 0 Å². The zero-order valence-electron chi connectivity index (χ0n) is 12.1. The van der Waals surface area contributed by atoms with Gasteiger partial charge >= 0.3 is 0 Å². The first-order valence-electron chi connectivity index (χ1n) is 6.76. The Labute approximate surface area is 114 Å². The molecule has 0 aliphatic rings. The van der Waals surface area contributed by atoms with Gasteiger partial charge in [0.25, 0.3) is 0 Å². The smallest absolute Gasteiger partial charge is 0.133 e. The highest BCUT2D eigenvalue weighted by molar-refractivity contribution is 5.67. The lowest BCUT2D eigenvalue weighted by Crippen LogP contribution is -2.06. The van der Waals surface area contributed by atoms with Crippen molar-refractivity contribution in [2.45, 2.75) is 40.0 Å². The highest BCUT2D eigenvalue weighted by Gasteiger charge is 2.12. The van der Waals surface area contributed by atoms with Gasteiger partial charge in [-0.1, -0.05) is 45.0 Å². The minimum Gasteiger partial charge on any atom is -0.383 e. The SMILES string of the molecule is CCc1ccc(-c2nc(C(C)C)nc(N)c2C)cc1. The third kappa shape index (κ3) is 2.75. The summed E-state index contributed by atoms with van der Waals surface area (Å²) < 4.78 is 0. The van der Waals surface area contributed by atoms with E-state index < -0.39 is 0 Å². The molecule has 19 heavy (non-hydrogen) atoms. The van der Waals surface area contributed by atoms with E-state index in [-0.39, 0.29) is 5.92 Å². The molecule has 2 aromatic rings. The second-order valence-corrected chi connectivity index (χ2v) is 5.15. The van der Waals surface area contributed by atoms with Crippen LogP contribution in [0.4, 0.5) is 5.82 Å². The molecule has 1 aromatic heterocycles. The Balaban J connectivity index is 2.53. The molecular weight excluding hydrogens is 234 g/mol. The van der Waals surface area contributed by atoms with Gasteiger partial charge in [-0.15, -0.1) is 0 Å². The van der Waals surface area contributed by atoms with Gasteiger partial charge in [0.1, 0.15) is 11.6 Å². The Morgan fingerprint density at radius 2 is 1.74 bits per heavy atom. The molecule has 0 aliphatic carbocycles. The third-order valence-electron chi connectivity index (χ3n) is 3.35. The fourth-order valence-electron chi connectivity index (χ4n) is 1.99. The fourth-order valence-corrected chi connectivity index (χ4v) is 1.99. The summed E-state index contributed by atoms with van der Waals surface area (Å²) in [6.07, 6.45) is 1.04. The molecule has 0 fully saturated rings. The van der Waals surface area contributed by atoms with Gasteiger partial charge in [0, 0.05) is 17.0 Å². The monoisotopic (exact) mass is 255 g/mol. The highest BCUT2D eigenvalue weighted by Crippen LogP contribution is 2.26. The quantitative estimate of drug-likeness (QED) is 0.909. The first-order chi connectivity index (χ1) is 9.02. The number of nitrogen functional groups attached to an aromatic ring is 1. The predicted octanol–water partition coefficient (Wildman–Crippen LogP) is 3.72. The zero-order valence-corrected chi connectivity index (χ0v) is 12.1. The van der Waals surface area contributed by atoms with Gasteiger partial charge in [-0.05, 0) is 18.9 Å². The van der Waals surface area contributed by atoms with E-state index in [2.05, 4.69) is 55.0 Å². The molecule has 2 rings (SSSR count). The second-order valence-electron chi connectivity index (χ2n) is 5.15. The topological polar surface area (TPSA) is 51.8 Å². The van der Waals surface area contributed by atoms with Crippen molar-refractivity contribution in [3.63, 3.8) is 0 Å². The fraction of sp³-hybridized carbons (Fsp3) is 0.375. The van der Waals surface area contributed by atoms with Gasteiger partial charge in [0.05, 0.1) is 5.69 Å². The number of aryl methyl sites for hydroxylation is 1. The lowest BCUT2D eigenvalue weighted by molar-refractivity contribution is 0.776. The molecule has 3 nitrogen and oxygen atoms in total. The molecule has 0 bridgehead atoms. The van der Waals surface area contributed by atoms with E-state index in [1.165, 1.54) is 5.56 Å². The number of anilines is 1. The van der Waals surface area contributed by atoms with E-state index in [9.17, 15) is 0 Å². The van der Waals surface area contributed by atoms with E-state index in [0.717, 1.165) is 29.1 Å². The summed E-state index contributed by atoms with van der Waals surface area (Å²) in [6.45, 7) is 8.28. The lowest BCUT2D eigenvalue weighted by atomic mass is 10.0. The molecule has 3 heteroatoms. The Morgan fingerprint density at radius 1 is 1.11 bits per heavy atom. The lowest BCUT2D eigenvalue weighted by Gasteiger charge is -2.12. The maximum Gasteiger partial charge on any atom is 0.133 e. The van der Waals surface area contributed by atoms with Crippen LogP contribution in [0.1, 0.15) is 43.6 Å². The van der Waals surface area contributed by atoms with Gasteiger partial charge in [-0.25, -0.2) is 9.97 Å². The van der Waals surface area contributed by atoms with E-state index in [1.807, 2.05) is 6.92 Å². The Bertz CT molecular complexity index is 571. The number of nitrogens with zero attached hydrogens (tertiary/aromatic N) is 2. The molecule has 0 unspecified atom stereocenters. The molecule has 0 aliphatic heterocycles. The molecule has 1 aromatic carbocycles. The maximum atomic E-state index is 6.00. The van der Waals surface area contributed by atoms with Crippen molar-refractivity contribution in [1.82, 2.24) is 9.97 Å². The normalized spacial score (nSPS) is 11.0. The number of benzene rings is 1. The van der Waals surface area contributed by atoms with Crippen LogP contribution >= 0.6 is 0 Å². The average Bonchev–Trinajstić information content (AvgIpc) is 2.41. The minimum absolute atomic E-state index is 0.275. The Hall–Kier alpha value is -1.90. The second kappa shape index (κ2) is 5.39. The molecule has 0 amide bonds. The van der Waals surface area contributed by atoms with Crippen LogP contribution in [0.2, 0.25) is 0 Å². The number of aromatic nitrogens is 2. The maximum absolute atomic E-state index is 6.00. The summed E-state index contributed by atoms with van der Waals surface area (Å²) in [5.41, 5.74) is 10.3. The molecule has 0 radical (unpaired) electrons. The summed E-state index contributed by atoms with van der Waals surface area (Å²) in [6, 6.07) is 8.50. The first kappa shape index (κ1) is 13.5. The average molecular weight is 255 g/mol.